The van der Waals surface area contributed by atoms with E-state index >= 15 is 0 Å². The number of carbonyl (C=O) groups excluding carboxylic acids is 1. The van der Waals surface area contributed by atoms with E-state index in [2.05, 4.69) is 5.32 Å². The van der Waals surface area contributed by atoms with Gasteiger partial charge in [-0.1, -0.05) is 53.0 Å². The molecule has 0 bridgehead atoms. The first-order valence-electron chi connectivity index (χ1n) is 9.11. The number of carbonyl (C=O) groups is 1. The number of hydrogen-bond acceptors (Lipinski definition) is 3. The summed E-state index contributed by atoms with van der Waals surface area (Å²) in [6.07, 6.45) is -1.10. The zero-order valence-electron chi connectivity index (χ0n) is 15.1. The van der Waals surface area contributed by atoms with E-state index in [9.17, 15) is 15.0 Å². The molecule has 6 atom stereocenters. The predicted molar refractivity (Wildman–Crippen MR) is 110 cm³/mol. The Labute approximate surface area is 178 Å². The molecule has 1 heterocycles. The third-order valence-electron chi connectivity index (χ3n) is 6.39. The van der Waals surface area contributed by atoms with Gasteiger partial charge in [-0.25, -0.2) is 0 Å². The fraction of sp³-hybridized carbons (Fsp3) is 0.381. The van der Waals surface area contributed by atoms with Crippen molar-refractivity contribution < 1.29 is 15.0 Å². The van der Waals surface area contributed by atoms with E-state index in [0.29, 0.717) is 20.6 Å². The SMILES string of the molecule is C[C@H]1NC(=O)[C@@]2(CO)[C@@H]1[C@@H](c1ccc(Cl)cc1)[C@H](c1ccc(Cl)cc1Cl)[C@H]2O. The van der Waals surface area contributed by atoms with Crippen LogP contribution < -0.4 is 5.32 Å². The summed E-state index contributed by atoms with van der Waals surface area (Å²) in [6.45, 7) is 1.46. The van der Waals surface area contributed by atoms with E-state index in [4.69, 9.17) is 34.8 Å². The lowest BCUT2D eigenvalue weighted by atomic mass is 9.73. The van der Waals surface area contributed by atoms with Gasteiger partial charge in [0.1, 0.15) is 5.41 Å². The Morgan fingerprint density at radius 1 is 1.04 bits per heavy atom. The Morgan fingerprint density at radius 3 is 2.29 bits per heavy atom. The van der Waals surface area contributed by atoms with Crippen LogP contribution in [0.5, 0.6) is 0 Å². The molecule has 0 unspecified atom stereocenters. The molecule has 7 heteroatoms. The Kier molecular flexibility index (Phi) is 5.13. The van der Waals surface area contributed by atoms with Crippen LogP contribution in [0.25, 0.3) is 0 Å². The molecule has 1 saturated heterocycles. The summed E-state index contributed by atoms with van der Waals surface area (Å²) in [5.41, 5.74) is 0.348. The van der Waals surface area contributed by atoms with Gasteiger partial charge in [-0.05, 0) is 48.2 Å². The minimum atomic E-state index is -1.29. The van der Waals surface area contributed by atoms with Crippen molar-refractivity contribution in [1.82, 2.24) is 5.32 Å². The largest absolute Gasteiger partial charge is 0.395 e. The summed E-state index contributed by atoms with van der Waals surface area (Å²) in [4.78, 5) is 12.9. The molecule has 1 saturated carbocycles. The maximum absolute atomic E-state index is 12.9. The summed E-state index contributed by atoms with van der Waals surface area (Å²) in [6, 6.07) is 12.3. The van der Waals surface area contributed by atoms with Gasteiger partial charge in [0.15, 0.2) is 0 Å². The molecule has 148 valence electrons. The molecule has 2 aromatic rings. The van der Waals surface area contributed by atoms with Crippen LogP contribution in [-0.4, -0.2) is 34.9 Å². The van der Waals surface area contributed by atoms with Crippen LogP contribution in [0.1, 0.15) is 29.9 Å². The van der Waals surface area contributed by atoms with Gasteiger partial charge in [0.25, 0.3) is 0 Å². The highest BCUT2D eigenvalue weighted by atomic mass is 35.5. The molecular formula is C21H20Cl3NO3. The number of amides is 1. The normalized spacial score (nSPS) is 34.4. The summed E-state index contributed by atoms with van der Waals surface area (Å²) < 4.78 is 0. The molecule has 4 nitrogen and oxygen atoms in total. The van der Waals surface area contributed by atoms with Crippen molar-refractivity contribution in [3.63, 3.8) is 0 Å². The number of nitrogens with one attached hydrogen (secondary N) is 1. The zero-order valence-corrected chi connectivity index (χ0v) is 17.3. The number of rotatable bonds is 3. The minimum absolute atomic E-state index is 0.217. The van der Waals surface area contributed by atoms with Crippen LogP contribution in [0.2, 0.25) is 15.1 Å². The van der Waals surface area contributed by atoms with Crippen LogP contribution in [0.15, 0.2) is 42.5 Å². The quantitative estimate of drug-likeness (QED) is 0.675. The molecule has 3 N–H and O–H groups in total. The number of aliphatic hydroxyl groups is 2. The minimum Gasteiger partial charge on any atom is -0.395 e. The van der Waals surface area contributed by atoms with E-state index in [0.717, 1.165) is 5.56 Å². The van der Waals surface area contributed by atoms with Crippen LogP contribution in [0.3, 0.4) is 0 Å². The molecule has 2 aromatic carbocycles. The molecule has 2 fully saturated rings. The molecular weight excluding hydrogens is 421 g/mol. The van der Waals surface area contributed by atoms with E-state index < -0.39 is 24.0 Å². The van der Waals surface area contributed by atoms with E-state index in [1.165, 1.54) is 0 Å². The van der Waals surface area contributed by atoms with Gasteiger partial charge >= 0.3 is 0 Å². The fourth-order valence-electron chi connectivity index (χ4n) is 5.24. The lowest BCUT2D eigenvalue weighted by molar-refractivity contribution is -0.137. The van der Waals surface area contributed by atoms with Crippen molar-refractivity contribution in [2.45, 2.75) is 30.9 Å². The average Bonchev–Trinajstić information content (AvgIpc) is 3.06. The van der Waals surface area contributed by atoms with Gasteiger partial charge in [0.2, 0.25) is 5.91 Å². The van der Waals surface area contributed by atoms with E-state index in [1.807, 2.05) is 19.1 Å². The molecule has 28 heavy (non-hydrogen) atoms. The molecule has 0 spiro atoms. The first kappa shape index (κ1) is 20.0. The second-order valence-corrected chi connectivity index (χ2v) is 8.98. The summed E-state index contributed by atoms with van der Waals surface area (Å²) in [5.74, 6) is -1.35. The average molecular weight is 441 g/mol. The highest BCUT2D eigenvalue weighted by Crippen LogP contribution is 2.62. The standard InChI is InChI=1S/C21H20Cl3NO3/c1-10-18-16(11-2-4-12(22)5-3-11)17(14-7-6-13(23)8-15(14)24)19(27)21(18,9-26)20(28)25-10/h2-8,10,16-19,26-27H,9H2,1H3,(H,25,28)/t10-,16+,17+,18+,19-,21+/m1/s1. The van der Waals surface area contributed by atoms with Gasteiger partial charge < -0.3 is 15.5 Å². The summed E-state index contributed by atoms with van der Waals surface area (Å²) in [7, 11) is 0. The molecule has 1 aliphatic carbocycles. The van der Waals surface area contributed by atoms with Crippen LogP contribution >= 0.6 is 34.8 Å². The topological polar surface area (TPSA) is 69.6 Å². The molecule has 2 aliphatic rings. The van der Waals surface area contributed by atoms with E-state index in [1.54, 1.807) is 30.3 Å². The number of aliphatic hydroxyl groups excluding tert-OH is 2. The second kappa shape index (κ2) is 7.19. The lowest BCUT2D eigenvalue weighted by Gasteiger charge is -2.29. The van der Waals surface area contributed by atoms with Crippen molar-refractivity contribution in [3.05, 3.63) is 68.7 Å². The third-order valence-corrected chi connectivity index (χ3v) is 7.21. The molecule has 4 rings (SSSR count). The van der Waals surface area contributed by atoms with Gasteiger partial charge in [0, 0.05) is 32.9 Å². The zero-order chi connectivity index (χ0) is 20.2. The van der Waals surface area contributed by atoms with E-state index in [-0.39, 0.29) is 23.8 Å². The lowest BCUT2D eigenvalue weighted by Crippen LogP contribution is -2.45. The summed E-state index contributed by atoms with van der Waals surface area (Å²) in [5, 5.41) is 26.1. The predicted octanol–water partition coefficient (Wildman–Crippen LogP) is 4.00. The number of halogens is 3. The highest BCUT2D eigenvalue weighted by molar-refractivity contribution is 6.35. The number of benzene rings is 2. The van der Waals surface area contributed by atoms with Gasteiger partial charge in [0.05, 0.1) is 12.7 Å². The maximum atomic E-state index is 12.9. The Bertz CT molecular complexity index is 920. The van der Waals surface area contributed by atoms with Crippen LogP contribution in [0, 0.1) is 11.3 Å². The van der Waals surface area contributed by atoms with Crippen molar-refractivity contribution >= 4 is 40.7 Å². The van der Waals surface area contributed by atoms with Gasteiger partial charge in [-0.15, -0.1) is 0 Å². The Morgan fingerprint density at radius 2 is 1.68 bits per heavy atom. The summed E-state index contributed by atoms with van der Waals surface area (Å²) >= 11 is 18.6. The first-order valence-corrected chi connectivity index (χ1v) is 10.2. The maximum Gasteiger partial charge on any atom is 0.231 e. The Balaban J connectivity index is 1.94. The van der Waals surface area contributed by atoms with Crippen molar-refractivity contribution in [1.29, 1.82) is 0 Å². The van der Waals surface area contributed by atoms with Crippen molar-refractivity contribution in [2.24, 2.45) is 11.3 Å². The molecule has 1 amide bonds. The van der Waals surface area contributed by atoms with Crippen LogP contribution in [-0.2, 0) is 4.79 Å². The van der Waals surface area contributed by atoms with Gasteiger partial charge in [-0.3, -0.25) is 4.79 Å². The number of hydrogen-bond donors (Lipinski definition) is 3. The monoisotopic (exact) mass is 439 g/mol. The van der Waals surface area contributed by atoms with Crippen LogP contribution in [0.4, 0.5) is 0 Å². The smallest absolute Gasteiger partial charge is 0.231 e. The first-order chi connectivity index (χ1) is 13.3. The molecule has 0 aromatic heterocycles. The fourth-order valence-corrected chi connectivity index (χ4v) is 5.90. The van der Waals surface area contributed by atoms with Crippen molar-refractivity contribution in [3.8, 4) is 0 Å². The second-order valence-electron chi connectivity index (χ2n) is 7.70. The molecule has 1 aliphatic heterocycles. The Hall–Kier alpha value is -1.30. The third kappa shape index (κ3) is 2.78. The number of fused-ring (bicyclic) bond motifs is 1. The molecule has 0 radical (unpaired) electrons. The van der Waals surface area contributed by atoms with Crippen molar-refractivity contribution in [2.75, 3.05) is 6.61 Å². The van der Waals surface area contributed by atoms with Gasteiger partial charge in [-0.2, -0.15) is 0 Å². The highest BCUT2D eigenvalue weighted by Gasteiger charge is 2.69.